The lowest BCUT2D eigenvalue weighted by Crippen LogP contribution is -2.25. The second kappa shape index (κ2) is 9.40. The number of nitro groups is 2. The largest absolute Gasteiger partial charge is 0.496 e. The van der Waals surface area contributed by atoms with Gasteiger partial charge in [-0.3, -0.25) is 25.0 Å². The van der Waals surface area contributed by atoms with Crippen LogP contribution in [0, 0.1) is 20.2 Å². The zero-order valence-electron chi connectivity index (χ0n) is 17.7. The Bertz CT molecular complexity index is 1180. The van der Waals surface area contributed by atoms with E-state index in [1.807, 2.05) is 0 Å². The Hall–Kier alpha value is -3.74. The first-order valence-corrected chi connectivity index (χ1v) is 10.5. The minimum Gasteiger partial charge on any atom is -0.496 e. The first kappa shape index (κ1) is 23.9. The number of carbonyl (C=O) groups is 2. The van der Waals surface area contributed by atoms with Crippen LogP contribution in [-0.2, 0) is 23.2 Å². The standard InChI is InChI=1S/C20H18BrN3O9/c1-31-14-5-4-13(23(27)28)16-12(14)9-22(19(16)25)8-10-6-15(32-2)11(7-21)17(20(26)33-3)18(10)24(29)30/h4-6H,7-9H2,1-3H3. The van der Waals surface area contributed by atoms with Crippen LogP contribution in [-0.4, -0.2) is 48.0 Å². The molecule has 0 saturated heterocycles. The quantitative estimate of drug-likeness (QED) is 0.219. The molecule has 0 saturated carbocycles. The van der Waals surface area contributed by atoms with Gasteiger partial charge in [0.15, 0.2) is 0 Å². The molecule has 2 aromatic carbocycles. The monoisotopic (exact) mass is 523 g/mol. The highest BCUT2D eigenvalue weighted by Crippen LogP contribution is 2.41. The second-order valence-corrected chi connectivity index (χ2v) is 7.44. The van der Waals surface area contributed by atoms with E-state index in [9.17, 15) is 29.8 Å². The van der Waals surface area contributed by atoms with E-state index in [4.69, 9.17) is 14.2 Å². The van der Waals surface area contributed by atoms with Crippen LogP contribution in [0.3, 0.4) is 0 Å². The molecule has 0 N–H and O–H groups in total. The molecule has 0 atom stereocenters. The number of carbonyl (C=O) groups excluding carboxylic acids is 2. The minimum atomic E-state index is -0.940. The lowest BCUT2D eigenvalue weighted by molar-refractivity contribution is -0.386. The molecule has 1 amide bonds. The van der Waals surface area contributed by atoms with Crippen LogP contribution in [0.1, 0.15) is 37.4 Å². The number of alkyl halides is 1. The first-order chi connectivity index (χ1) is 15.7. The smallest absolute Gasteiger partial charge is 0.345 e. The Balaban J connectivity index is 2.16. The highest BCUT2D eigenvalue weighted by Gasteiger charge is 2.39. The van der Waals surface area contributed by atoms with Crippen molar-refractivity contribution in [1.82, 2.24) is 4.90 Å². The van der Waals surface area contributed by atoms with Gasteiger partial charge in [0.1, 0.15) is 22.6 Å². The fraction of sp³-hybridized carbons (Fsp3) is 0.300. The van der Waals surface area contributed by atoms with Gasteiger partial charge in [0.25, 0.3) is 17.3 Å². The van der Waals surface area contributed by atoms with Crippen LogP contribution in [0.2, 0.25) is 0 Å². The van der Waals surface area contributed by atoms with Crippen LogP contribution in [0.5, 0.6) is 11.5 Å². The molecule has 0 unspecified atom stereocenters. The van der Waals surface area contributed by atoms with Crippen molar-refractivity contribution in [2.75, 3.05) is 21.3 Å². The zero-order valence-corrected chi connectivity index (χ0v) is 19.3. The summed E-state index contributed by atoms with van der Waals surface area (Å²) < 4.78 is 15.3. The maximum atomic E-state index is 13.1. The lowest BCUT2D eigenvalue weighted by atomic mass is 9.99. The summed E-state index contributed by atoms with van der Waals surface area (Å²) in [4.78, 5) is 48.8. The van der Waals surface area contributed by atoms with Gasteiger partial charge >= 0.3 is 5.97 Å². The van der Waals surface area contributed by atoms with E-state index in [0.717, 1.165) is 7.11 Å². The van der Waals surface area contributed by atoms with Crippen molar-refractivity contribution in [2.45, 2.75) is 18.4 Å². The van der Waals surface area contributed by atoms with Crippen molar-refractivity contribution in [2.24, 2.45) is 0 Å². The van der Waals surface area contributed by atoms with Gasteiger partial charge in [-0.25, -0.2) is 4.79 Å². The van der Waals surface area contributed by atoms with E-state index in [0.29, 0.717) is 5.56 Å². The molecular formula is C20H18BrN3O9. The van der Waals surface area contributed by atoms with E-state index >= 15 is 0 Å². The molecule has 0 aromatic heterocycles. The molecule has 0 bridgehead atoms. The van der Waals surface area contributed by atoms with Gasteiger partial charge in [-0.05, 0) is 12.1 Å². The Morgan fingerprint density at radius 3 is 2.30 bits per heavy atom. The fourth-order valence-corrected chi connectivity index (χ4v) is 4.37. The number of nitro benzene ring substituents is 2. The molecule has 3 rings (SSSR count). The number of amides is 1. The van der Waals surface area contributed by atoms with Gasteiger partial charge in [-0.1, -0.05) is 15.9 Å². The molecule has 0 spiro atoms. The highest BCUT2D eigenvalue weighted by molar-refractivity contribution is 9.08. The number of halogens is 1. The van der Waals surface area contributed by atoms with Crippen LogP contribution < -0.4 is 9.47 Å². The van der Waals surface area contributed by atoms with E-state index in [2.05, 4.69) is 15.9 Å². The van der Waals surface area contributed by atoms with E-state index in [-0.39, 0.29) is 52.2 Å². The molecule has 2 aromatic rings. The van der Waals surface area contributed by atoms with Gasteiger partial charge in [-0.15, -0.1) is 0 Å². The molecule has 174 valence electrons. The fourth-order valence-electron chi connectivity index (χ4n) is 3.82. The molecule has 0 fully saturated rings. The number of fused-ring (bicyclic) bond motifs is 1. The number of hydrogen-bond acceptors (Lipinski definition) is 9. The van der Waals surface area contributed by atoms with Crippen LogP contribution in [0.4, 0.5) is 11.4 Å². The van der Waals surface area contributed by atoms with Gasteiger partial charge in [0, 0.05) is 22.5 Å². The number of hydrogen-bond donors (Lipinski definition) is 0. The van der Waals surface area contributed by atoms with E-state index in [1.165, 1.54) is 37.3 Å². The summed E-state index contributed by atoms with van der Waals surface area (Å²) in [7, 11) is 3.80. The molecule has 1 heterocycles. The van der Waals surface area contributed by atoms with Gasteiger partial charge in [0.05, 0.1) is 49.8 Å². The van der Waals surface area contributed by atoms with Gasteiger partial charge < -0.3 is 19.1 Å². The van der Waals surface area contributed by atoms with Crippen molar-refractivity contribution in [3.8, 4) is 11.5 Å². The summed E-state index contributed by atoms with van der Waals surface area (Å²) in [6, 6.07) is 3.92. The Labute approximate surface area is 195 Å². The lowest BCUT2D eigenvalue weighted by Gasteiger charge is -2.19. The zero-order chi connectivity index (χ0) is 24.4. The first-order valence-electron chi connectivity index (χ1n) is 9.34. The SMILES string of the molecule is COC(=O)c1c(CBr)c(OC)cc(CN2Cc3c(OC)ccc([N+](=O)[O-])c3C2=O)c1[N+](=O)[O-]. The second-order valence-electron chi connectivity index (χ2n) is 6.88. The Kier molecular flexibility index (Phi) is 6.81. The molecule has 1 aliphatic heterocycles. The molecule has 12 nitrogen and oxygen atoms in total. The Morgan fingerprint density at radius 1 is 1.12 bits per heavy atom. The number of benzene rings is 2. The summed E-state index contributed by atoms with van der Waals surface area (Å²) in [5, 5.41) is 23.5. The number of nitrogens with zero attached hydrogens (tertiary/aromatic N) is 3. The van der Waals surface area contributed by atoms with Crippen molar-refractivity contribution in [3.05, 3.63) is 66.2 Å². The molecule has 0 aliphatic carbocycles. The van der Waals surface area contributed by atoms with Crippen LogP contribution >= 0.6 is 15.9 Å². The summed E-state index contributed by atoms with van der Waals surface area (Å²) in [5.74, 6) is -1.17. The average Bonchev–Trinajstić information content (AvgIpc) is 3.12. The molecular weight excluding hydrogens is 506 g/mol. The summed E-state index contributed by atoms with van der Waals surface area (Å²) in [6.07, 6.45) is 0. The summed E-state index contributed by atoms with van der Waals surface area (Å²) in [5.41, 5.74) is -0.854. The van der Waals surface area contributed by atoms with E-state index < -0.39 is 33.1 Å². The topological polar surface area (TPSA) is 151 Å². The highest BCUT2D eigenvalue weighted by atomic mass is 79.9. The van der Waals surface area contributed by atoms with Gasteiger partial charge in [-0.2, -0.15) is 0 Å². The predicted octanol–water partition coefficient (Wildman–Crippen LogP) is 3.36. The van der Waals surface area contributed by atoms with Crippen LogP contribution in [0.15, 0.2) is 18.2 Å². The van der Waals surface area contributed by atoms with Crippen LogP contribution in [0.25, 0.3) is 0 Å². The maximum Gasteiger partial charge on any atom is 0.345 e. The Morgan fingerprint density at radius 2 is 1.79 bits per heavy atom. The minimum absolute atomic E-state index is 0.00438. The third-order valence-electron chi connectivity index (χ3n) is 5.25. The van der Waals surface area contributed by atoms with Crippen molar-refractivity contribution in [1.29, 1.82) is 0 Å². The normalized spacial score (nSPS) is 12.4. The molecule has 13 heteroatoms. The molecule has 0 radical (unpaired) electrons. The average molecular weight is 524 g/mol. The summed E-state index contributed by atoms with van der Waals surface area (Å²) >= 11 is 3.21. The third kappa shape index (κ3) is 4.06. The number of rotatable bonds is 8. The number of ether oxygens (including phenoxy) is 3. The third-order valence-corrected chi connectivity index (χ3v) is 5.81. The number of methoxy groups -OCH3 is 3. The predicted molar refractivity (Wildman–Crippen MR) is 117 cm³/mol. The summed E-state index contributed by atoms with van der Waals surface area (Å²) in [6.45, 7) is -0.390. The van der Waals surface area contributed by atoms with Crippen molar-refractivity contribution in [3.63, 3.8) is 0 Å². The molecule has 1 aliphatic rings. The maximum absolute atomic E-state index is 13.1. The van der Waals surface area contributed by atoms with E-state index in [1.54, 1.807) is 0 Å². The van der Waals surface area contributed by atoms with Gasteiger partial charge in [0.2, 0.25) is 0 Å². The van der Waals surface area contributed by atoms with Crippen molar-refractivity contribution < 1.29 is 33.6 Å². The number of esters is 1. The van der Waals surface area contributed by atoms with Crippen molar-refractivity contribution >= 4 is 39.2 Å². The molecule has 33 heavy (non-hydrogen) atoms.